The van der Waals surface area contributed by atoms with Crippen LogP contribution in [0.2, 0.25) is 5.15 Å². The van der Waals surface area contributed by atoms with E-state index in [2.05, 4.69) is 15.5 Å². The minimum Gasteiger partial charge on any atom is -0.335 e. The molecule has 0 aliphatic heterocycles. The highest BCUT2D eigenvalue weighted by Crippen LogP contribution is 2.01. The first-order chi connectivity index (χ1) is 6.63. The van der Waals surface area contributed by atoms with Crippen LogP contribution in [0.15, 0.2) is 12.1 Å². The van der Waals surface area contributed by atoms with Crippen molar-refractivity contribution in [3.05, 3.63) is 23.0 Å². The lowest BCUT2D eigenvalue weighted by molar-refractivity contribution is 0.0942. The number of amides is 1. The zero-order valence-corrected chi connectivity index (χ0v) is 8.12. The van der Waals surface area contributed by atoms with Gasteiger partial charge >= 0.3 is 0 Å². The van der Waals surface area contributed by atoms with Gasteiger partial charge in [0.2, 0.25) is 0 Å². The summed E-state index contributed by atoms with van der Waals surface area (Å²) in [6.07, 6.45) is 0. The Hall–Kier alpha value is -1.67. The molecule has 6 heteroatoms. The smallest absolute Gasteiger partial charge is 0.272 e. The highest BCUT2D eigenvalue weighted by atomic mass is 35.5. The third-order valence-electron chi connectivity index (χ3n) is 1.41. The van der Waals surface area contributed by atoms with Gasteiger partial charge in [-0.25, -0.2) is 0 Å². The van der Waals surface area contributed by atoms with Gasteiger partial charge in [0.1, 0.15) is 6.04 Å². The lowest BCUT2D eigenvalue weighted by atomic mass is 10.3. The van der Waals surface area contributed by atoms with Crippen LogP contribution in [-0.4, -0.2) is 22.1 Å². The van der Waals surface area contributed by atoms with E-state index in [4.69, 9.17) is 16.9 Å². The van der Waals surface area contributed by atoms with Crippen molar-refractivity contribution in [2.75, 3.05) is 0 Å². The van der Waals surface area contributed by atoms with Crippen molar-refractivity contribution in [1.29, 1.82) is 5.26 Å². The summed E-state index contributed by atoms with van der Waals surface area (Å²) < 4.78 is 0. The Balaban J connectivity index is 2.71. The van der Waals surface area contributed by atoms with Gasteiger partial charge in [-0.2, -0.15) is 5.26 Å². The molecule has 0 aliphatic carbocycles. The molecule has 0 radical (unpaired) electrons. The van der Waals surface area contributed by atoms with E-state index in [1.807, 2.05) is 6.07 Å². The minimum atomic E-state index is -0.556. The van der Waals surface area contributed by atoms with E-state index < -0.39 is 11.9 Å². The number of aromatic nitrogens is 2. The molecule has 0 aliphatic rings. The zero-order valence-electron chi connectivity index (χ0n) is 7.36. The molecule has 5 nitrogen and oxygen atoms in total. The number of nitriles is 1. The van der Waals surface area contributed by atoms with Gasteiger partial charge in [0.25, 0.3) is 5.91 Å². The summed E-state index contributed by atoms with van der Waals surface area (Å²) in [5.74, 6) is -0.441. The fourth-order valence-electron chi connectivity index (χ4n) is 0.740. The summed E-state index contributed by atoms with van der Waals surface area (Å²) in [7, 11) is 0. The fraction of sp³-hybridized carbons (Fsp3) is 0.250. The van der Waals surface area contributed by atoms with Gasteiger partial charge in [-0.15, -0.1) is 10.2 Å². The fourth-order valence-corrected chi connectivity index (χ4v) is 0.841. The van der Waals surface area contributed by atoms with Crippen LogP contribution in [-0.2, 0) is 0 Å². The Bertz CT molecular complexity index is 370. The molecular formula is C8H7ClN4O. The molecule has 1 amide bonds. The van der Waals surface area contributed by atoms with E-state index in [1.165, 1.54) is 12.1 Å². The third kappa shape index (κ3) is 2.68. The first-order valence-corrected chi connectivity index (χ1v) is 4.21. The van der Waals surface area contributed by atoms with Crippen LogP contribution in [0.1, 0.15) is 17.4 Å². The number of rotatable bonds is 2. The van der Waals surface area contributed by atoms with Gasteiger partial charge in [0.15, 0.2) is 10.8 Å². The highest BCUT2D eigenvalue weighted by Gasteiger charge is 2.10. The van der Waals surface area contributed by atoms with Crippen molar-refractivity contribution in [1.82, 2.24) is 15.5 Å². The van der Waals surface area contributed by atoms with Gasteiger partial charge in [0, 0.05) is 0 Å². The average Bonchev–Trinajstić information content (AvgIpc) is 2.18. The Morgan fingerprint density at radius 3 is 2.86 bits per heavy atom. The van der Waals surface area contributed by atoms with Crippen LogP contribution in [0.3, 0.4) is 0 Å². The number of hydrogen-bond acceptors (Lipinski definition) is 4. The van der Waals surface area contributed by atoms with E-state index in [0.717, 1.165) is 0 Å². The first kappa shape index (κ1) is 10.4. The molecule has 1 N–H and O–H groups in total. The van der Waals surface area contributed by atoms with Crippen LogP contribution < -0.4 is 5.32 Å². The van der Waals surface area contributed by atoms with Crippen LogP contribution in [0, 0.1) is 11.3 Å². The summed E-state index contributed by atoms with van der Waals surface area (Å²) in [6.45, 7) is 1.57. The van der Waals surface area contributed by atoms with Gasteiger partial charge in [-0.1, -0.05) is 11.6 Å². The molecule has 0 saturated heterocycles. The van der Waals surface area contributed by atoms with E-state index in [9.17, 15) is 4.79 Å². The Morgan fingerprint density at radius 1 is 1.64 bits per heavy atom. The van der Waals surface area contributed by atoms with Gasteiger partial charge in [-0.3, -0.25) is 4.79 Å². The normalized spacial score (nSPS) is 11.5. The Labute approximate surface area is 85.7 Å². The summed E-state index contributed by atoms with van der Waals surface area (Å²) in [4.78, 5) is 11.3. The summed E-state index contributed by atoms with van der Waals surface area (Å²) in [5.41, 5.74) is 0.136. The zero-order chi connectivity index (χ0) is 10.6. The minimum absolute atomic E-state index is 0.136. The quantitative estimate of drug-likeness (QED) is 0.782. The van der Waals surface area contributed by atoms with E-state index in [1.54, 1.807) is 6.92 Å². The predicted molar refractivity (Wildman–Crippen MR) is 49.6 cm³/mol. The lowest BCUT2D eigenvalue weighted by Crippen LogP contribution is -2.32. The first-order valence-electron chi connectivity index (χ1n) is 3.83. The van der Waals surface area contributed by atoms with E-state index in [0.29, 0.717) is 0 Å². The number of carbonyl (C=O) groups is 1. The predicted octanol–water partition coefficient (Wildman–Crippen LogP) is 0.772. The molecule has 1 rings (SSSR count). The van der Waals surface area contributed by atoms with Crippen molar-refractivity contribution in [2.24, 2.45) is 0 Å². The van der Waals surface area contributed by atoms with Crippen LogP contribution >= 0.6 is 11.6 Å². The number of hydrogen-bond donors (Lipinski definition) is 1. The molecule has 0 aromatic carbocycles. The van der Waals surface area contributed by atoms with E-state index in [-0.39, 0.29) is 10.8 Å². The largest absolute Gasteiger partial charge is 0.335 e. The molecule has 1 atom stereocenters. The third-order valence-corrected chi connectivity index (χ3v) is 1.61. The maximum absolute atomic E-state index is 11.3. The second kappa shape index (κ2) is 4.53. The second-order valence-corrected chi connectivity index (χ2v) is 2.95. The van der Waals surface area contributed by atoms with Crippen LogP contribution in [0.4, 0.5) is 0 Å². The second-order valence-electron chi connectivity index (χ2n) is 2.57. The lowest BCUT2D eigenvalue weighted by Gasteiger charge is -2.04. The van der Waals surface area contributed by atoms with Crippen molar-refractivity contribution in [3.63, 3.8) is 0 Å². The number of nitrogens with zero attached hydrogens (tertiary/aromatic N) is 3. The average molecular weight is 211 g/mol. The number of nitrogens with one attached hydrogen (secondary N) is 1. The standard InChI is InChI=1S/C8H7ClN4O/c1-5(4-10)11-8(14)6-2-3-7(9)13-12-6/h2-3,5H,1H3,(H,11,14). The van der Waals surface area contributed by atoms with Crippen LogP contribution in [0.5, 0.6) is 0 Å². The Kier molecular flexibility index (Phi) is 3.37. The molecule has 0 bridgehead atoms. The van der Waals surface area contributed by atoms with E-state index >= 15 is 0 Å². The van der Waals surface area contributed by atoms with Crippen molar-refractivity contribution in [2.45, 2.75) is 13.0 Å². The Morgan fingerprint density at radius 2 is 2.36 bits per heavy atom. The number of carbonyl (C=O) groups excluding carboxylic acids is 1. The van der Waals surface area contributed by atoms with Crippen LogP contribution in [0.25, 0.3) is 0 Å². The molecule has 0 saturated carbocycles. The highest BCUT2D eigenvalue weighted by molar-refractivity contribution is 6.29. The molecule has 1 aromatic heterocycles. The summed E-state index contributed by atoms with van der Waals surface area (Å²) >= 11 is 5.49. The number of halogens is 1. The summed E-state index contributed by atoms with van der Waals surface area (Å²) in [6, 6.07) is 4.21. The molecule has 0 fully saturated rings. The topological polar surface area (TPSA) is 78.7 Å². The molecule has 1 unspecified atom stereocenters. The molecule has 0 spiro atoms. The molecule has 14 heavy (non-hydrogen) atoms. The van der Waals surface area contributed by atoms with Gasteiger partial charge in [0.05, 0.1) is 6.07 Å². The van der Waals surface area contributed by atoms with Crippen molar-refractivity contribution >= 4 is 17.5 Å². The van der Waals surface area contributed by atoms with Crippen molar-refractivity contribution in [3.8, 4) is 6.07 Å². The molecule has 1 heterocycles. The monoisotopic (exact) mass is 210 g/mol. The molecule has 72 valence electrons. The SMILES string of the molecule is CC(C#N)NC(=O)c1ccc(Cl)nn1. The van der Waals surface area contributed by atoms with Gasteiger partial charge in [-0.05, 0) is 19.1 Å². The molecular weight excluding hydrogens is 204 g/mol. The van der Waals surface area contributed by atoms with Crippen molar-refractivity contribution < 1.29 is 4.79 Å². The summed E-state index contributed by atoms with van der Waals surface area (Å²) in [5, 5.41) is 18.2. The van der Waals surface area contributed by atoms with Gasteiger partial charge < -0.3 is 5.32 Å². The maximum atomic E-state index is 11.3. The maximum Gasteiger partial charge on any atom is 0.272 e. The molecule has 1 aromatic rings.